The molecule has 0 saturated heterocycles. The van der Waals surface area contributed by atoms with Gasteiger partial charge in [0.15, 0.2) is 11.0 Å². The van der Waals surface area contributed by atoms with Crippen LogP contribution in [0.4, 0.5) is 0 Å². The molecule has 1 rings (SSSR count). The number of allylic oxidation sites excluding steroid dienone is 1. The van der Waals surface area contributed by atoms with Crippen LogP contribution in [0.3, 0.4) is 0 Å². The van der Waals surface area contributed by atoms with Gasteiger partial charge in [-0.1, -0.05) is 6.08 Å². The topological polar surface area (TPSA) is 142 Å². The first-order valence-electron chi connectivity index (χ1n) is 4.77. The number of nitrogens with zero attached hydrogens (tertiary/aromatic N) is 1. The van der Waals surface area contributed by atoms with E-state index in [0.29, 0.717) is 0 Å². The Hall–Kier alpha value is -2.51. The van der Waals surface area contributed by atoms with Gasteiger partial charge in [-0.15, -0.1) is 0 Å². The maximum absolute atomic E-state index is 11.2. The Labute approximate surface area is 101 Å². The van der Waals surface area contributed by atoms with Gasteiger partial charge in [0.1, 0.15) is 0 Å². The van der Waals surface area contributed by atoms with Crippen molar-refractivity contribution < 1.29 is 24.7 Å². The summed E-state index contributed by atoms with van der Waals surface area (Å²) in [6.45, 7) is 2.37. The highest BCUT2D eigenvalue weighted by molar-refractivity contribution is 6.26. The van der Waals surface area contributed by atoms with E-state index in [1.165, 1.54) is 6.92 Å². The predicted molar refractivity (Wildman–Crippen MR) is 58.9 cm³/mol. The molecule has 0 bridgehead atoms. The first-order chi connectivity index (χ1) is 8.12. The molecular weight excluding hydrogens is 244 g/mol. The van der Waals surface area contributed by atoms with E-state index in [1.807, 2.05) is 0 Å². The van der Waals surface area contributed by atoms with Crippen molar-refractivity contribution in [1.29, 1.82) is 5.41 Å². The van der Waals surface area contributed by atoms with Gasteiger partial charge in [-0.2, -0.15) is 0 Å². The third kappa shape index (κ3) is 1.77. The fourth-order valence-electron chi connectivity index (χ4n) is 1.80. The zero-order chi connectivity index (χ0) is 14.2. The summed E-state index contributed by atoms with van der Waals surface area (Å²) in [6.07, 6.45) is 1.02. The lowest BCUT2D eigenvalue weighted by Gasteiger charge is -2.24. The van der Waals surface area contributed by atoms with Crippen molar-refractivity contribution in [3.05, 3.63) is 33.0 Å². The molecule has 1 unspecified atom stereocenters. The summed E-state index contributed by atoms with van der Waals surface area (Å²) < 4.78 is 0. The van der Waals surface area contributed by atoms with Gasteiger partial charge in [0.25, 0.3) is 5.70 Å². The van der Waals surface area contributed by atoms with Crippen molar-refractivity contribution in [3.8, 4) is 0 Å². The summed E-state index contributed by atoms with van der Waals surface area (Å²) in [6, 6.07) is 0. The highest BCUT2D eigenvalue weighted by atomic mass is 16.6. The molecule has 0 saturated carbocycles. The zero-order valence-corrected chi connectivity index (χ0v) is 9.55. The molecule has 3 N–H and O–H groups in total. The van der Waals surface area contributed by atoms with Crippen LogP contribution in [0.5, 0.6) is 0 Å². The first kappa shape index (κ1) is 13.6. The monoisotopic (exact) mass is 254 g/mol. The van der Waals surface area contributed by atoms with Gasteiger partial charge < -0.3 is 10.2 Å². The van der Waals surface area contributed by atoms with E-state index in [4.69, 9.17) is 15.6 Å². The van der Waals surface area contributed by atoms with Gasteiger partial charge in [-0.3, -0.25) is 20.3 Å². The first-order valence-corrected chi connectivity index (χ1v) is 4.77. The van der Waals surface area contributed by atoms with Gasteiger partial charge >= 0.3 is 11.9 Å². The number of carboxylic acid groups (broad SMARTS) is 2. The number of aliphatic carboxylic acids is 2. The number of hydrogen-bond donors (Lipinski definition) is 3. The maximum Gasteiger partial charge on any atom is 0.344 e. The lowest BCUT2D eigenvalue weighted by Crippen LogP contribution is -2.38. The molecule has 1 atom stereocenters. The van der Waals surface area contributed by atoms with Crippen LogP contribution in [-0.4, -0.2) is 32.8 Å². The van der Waals surface area contributed by atoms with Gasteiger partial charge in [-0.25, -0.2) is 4.79 Å². The largest absolute Gasteiger partial charge is 0.480 e. The van der Waals surface area contributed by atoms with Gasteiger partial charge in [0.05, 0.1) is 10.6 Å². The number of nitro groups is 1. The molecule has 0 spiro atoms. The van der Waals surface area contributed by atoms with Crippen molar-refractivity contribution in [3.63, 3.8) is 0 Å². The van der Waals surface area contributed by atoms with Crippen LogP contribution in [-0.2, 0) is 9.59 Å². The molecule has 0 fully saturated rings. The molecule has 18 heavy (non-hydrogen) atoms. The van der Waals surface area contributed by atoms with Crippen LogP contribution in [0.1, 0.15) is 13.8 Å². The normalized spacial score (nSPS) is 23.7. The van der Waals surface area contributed by atoms with Crippen molar-refractivity contribution in [2.45, 2.75) is 13.8 Å². The van der Waals surface area contributed by atoms with E-state index < -0.39 is 39.3 Å². The number of nitrogens with one attached hydrogen (secondary N) is 1. The van der Waals surface area contributed by atoms with E-state index in [2.05, 4.69) is 0 Å². The van der Waals surface area contributed by atoms with Crippen molar-refractivity contribution in [1.82, 2.24) is 0 Å². The summed E-state index contributed by atoms with van der Waals surface area (Å²) in [5.41, 5.74) is -4.43. The Morgan fingerprint density at radius 3 is 2.28 bits per heavy atom. The Balaban J connectivity index is 3.74. The zero-order valence-electron chi connectivity index (χ0n) is 9.55. The third-order valence-electron chi connectivity index (χ3n) is 2.72. The number of hydrogen-bond acceptors (Lipinski definition) is 5. The molecule has 1 aliphatic carbocycles. The molecule has 0 radical (unpaired) electrons. The van der Waals surface area contributed by atoms with Crippen LogP contribution < -0.4 is 0 Å². The van der Waals surface area contributed by atoms with E-state index in [0.717, 1.165) is 13.0 Å². The number of carbonyl (C=O) groups is 2. The second kappa shape index (κ2) is 4.06. The highest BCUT2D eigenvalue weighted by Gasteiger charge is 2.51. The van der Waals surface area contributed by atoms with Crippen molar-refractivity contribution in [2.75, 3.05) is 0 Å². The van der Waals surface area contributed by atoms with Crippen molar-refractivity contribution >= 4 is 17.7 Å². The summed E-state index contributed by atoms with van der Waals surface area (Å²) in [7, 11) is 0. The van der Waals surface area contributed by atoms with Crippen LogP contribution in [0.25, 0.3) is 0 Å². The lowest BCUT2D eigenvalue weighted by molar-refractivity contribution is -0.437. The summed E-state index contributed by atoms with van der Waals surface area (Å²) >= 11 is 0. The predicted octanol–water partition coefficient (Wildman–Crippen LogP) is 0.672. The van der Waals surface area contributed by atoms with Gasteiger partial charge in [0, 0.05) is 0 Å². The smallest absolute Gasteiger partial charge is 0.344 e. The van der Waals surface area contributed by atoms with Crippen molar-refractivity contribution in [2.24, 2.45) is 5.41 Å². The average Bonchev–Trinajstić information content (AvgIpc) is 2.21. The Kier molecular flexibility index (Phi) is 3.06. The minimum absolute atomic E-state index is 0.0721. The standard InChI is InChI=1S/C10H10N2O6/c1-4-3-10(2,9(15)16)7(12(17)18)5(6(4)11)8(13)14/h3,11H,1-2H3,(H,13,14)(H,15,16). The van der Waals surface area contributed by atoms with Crippen LogP contribution in [0.15, 0.2) is 22.9 Å². The SMILES string of the molecule is CC1=CC(C)(C(=O)O)C([N+](=O)[O-])=C(C(=O)O)C1=N. The summed E-state index contributed by atoms with van der Waals surface area (Å²) in [5.74, 6) is -3.23. The maximum atomic E-state index is 11.2. The molecule has 96 valence electrons. The summed E-state index contributed by atoms with van der Waals surface area (Å²) in [4.78, 5) is 32.1. The average molecular weight is 254 g/mol. The van der Waals surface area contributed by atoms with Crippen LogP contribution in [0.2, 0.25) is 0 Å². The van der Waals surface area contributed by atoms with E-state index in [9.17, 15) is 19.7 Å². The van der Waals surface area contributed by atoms with Crippen LogP contribution >= 0.6 is 0 Å². The molecule has 0 aromatic rings. The lowest BCUT2D eigenvalue weighted by atomic mass is 9.76. The van der Waals surface area contributed by atoms with Gasteiger partial charge in [0.2, 0.25) is 0 Å². The van der Waals surface area contributed by atoms with E-state index in [-0.39, 0.29) is 5.57 Å². The fourth-order valence-corrected chi connectivity index (χ4v) is 1.80. The number of carboxylic acids is 2. The minimum Gasteiger partial charge on any atom is -0.480 e. The molecule has 0 aromatic heterocycles. The molecule has 8 nitrogen and oxygen atoms in total. The fraction of sp³-hybridized carbons (Fsp3) is 0.300. The molecular formula is C10H10N2O6. The Morgan fingerprint density at radius 1 is 1.44 bits per heavy atom. The molecule has 0 heterocycles. The number of rotatable bonds is 3. The second-order valence-corrected chi connectivity index (χ2v) is 4.00. The second-order valence-electron chi connectivity index (χ2n) is 4.00. The van der Waals surface area contributed by atoms with E-state index in [1.54, 1.807) is 0 Å². The molecule has 8 heteroatoms. The minimum atomic E-state index is -2.06. The van der Waals surface area contributed by atoms with E-state index >= 15 is 0 Å². The molecule has 1 aliphatic rings. The molecule has 0 amide bonds. The highest BCUT2D eigenvalue weighted by Crippen LogP contribution is 2.38. The van der Waals surface area contributed by atoms with Gasteiger partial charge in [-0.05, 0) is 19.4 Å². The molecule has 0 aliphatic heterocycles. The Morgan fingerprint density at radius 2 is 1.94 bits per heavy atom. The Bertz CT molecular complexity index is 545. The quantitative estimate of drug-likeness (QED) is 0.499. The third-order valence-corrected chi connectivity index (χ3v) is 2.72. The summed E-state index contributed by atoms with van der Waals surface area (Å²) in [5, 5.41) is 36.5. The molecule has 0 aromatic carbocycles. The van der Waals surface area contributed by atoms with Crippen LogP contribution in [0, 0.1) is 20.9 Å².